The fourth-order valence-corrected chi connectivity index (χ4v) is 1.33. The number of halogens is 1. The van der Waals surface area contributed by atoms with Crippen LogP contribution in [0.4, 0.5) is 5.82 Å². The van der Waals surface area contributed by atoms with E-state index in [1.165, 1.54) is 0 Å². The van der Waals surface area contributed by atoms with Crippen molar-refractivity contribution in [2.75, 3.05) is 0 Å². The lowest BCUT2D eigenvalue weighted by atomic mass is 10.2. The molecule has 0 fully saturated rings. The lowest BCUT2D eigenvalue weighted by molar-refractivity contribution is 1.28. The lowest BCUT2D eigenvalue weighted by Gasteiger charge is -1.95. The van der Waals surface area contributed by atoms with Gasteiger partial charge in [-0.25, -0.2) is 9.98 Å². The van der Waals surface area contributed by atoms with Crippen LogP contribution in [0, 0.1) is 0 Å². The smallest absolute Gasteiger partial charge is 0.151 e. The zero-order valence-corrected chi connectivity index (χ0v) is 8.72. The van der Waals surface area contributed by atoms with Gasteiger partial charge in [0.25, 0.3) is 0 Å². The molecule has 0 N–H and O–H groups in total. The van der Waals surface area contributed by atoms with E-state index < -0.39 is 0 Å². The second-order valence-electron chi connectivity index (χ2n) is 2.97. The van der Waals surface area contributed by atoms with Crippen LogP contribution < -0.4 is 0 Å². The molecule has 0 atom stereocenters. The Kier molecular flexibility index (Phi) is 3.10. The summed E-state index contributed by atoms with van der Waals surface area (Å²) in [5.41, 5.74) is 0.893. The predicted molar refractivity (Wildman–Crippen MR) is 62.9 cm³/mol. The fraction of sp³-hybridized carbons (Fsp3) is 0. The van der Waals surface area contributed by atoms with Crippen LogP contribution in [-0.4, -0.2) is 11.2 Å². The molecule has 0 aliphatic carbocycles. The largest absolute Gasteiger partial charge is 0.237 e. The molecular formula is C12H9ClN2. The van der Waals surface area contributed by atoms with E-state index in [1.54, 1.807) is 12.4 Å². The summed E-state index contributed by atoms with van der Waals surface area (Å²) in [7, 11) is 0. The van der Waals surface area contributed by atoms with Crippen LogP contribution in [0.5, 0.6) is 0 Å². The van der Waals surface area contributed by atoms with E-state index in [0.717, 1.165) is 5.56 Å². The fourth-order valence-electron chi connectivity index (χ4n) is 1.15. The van der Waals surface area contributed by atoms with Gasteiger partial charge in [-0.3, -0.25) is 0 Å². The molecule has 74 valence electrons. The Hall–Kier alpha value is -1.67. The van der Waals surface area contributed by atoms with Crippen LogP contribution in [0.15, 0.2) is 53.7 Å². The number of pyridine rings is 1. The Balaban J connectivity index is 2.23. The number of hydrogen-bond acceptors (Lipinski definition) is 2. The Morgan fingerprint density at radius 2 is 1.87 bits per heavy atom. The number of aliphatic imine (C=N–C) groups is 1. The molecule has 2 nitrogen and oxygen atoms in total. The van der Waals surface area contributed by atoms with Crippen molar-refractivity contribution in [1.29, 1.82) is 0 Å². The van der Waals surface area contributed by atoms with Gasteiger partial charge >= 0.3 is 0 Å². The highest BCUT2D eigenvalue weighted by atomic mass is 35.5. The molecule has 0 unspecified atom stereocenters. The van der Waals surface area contributed by atoms with Gasteiger partial charge < -0.3 is 0 Å². The van der Waals surface area contributed by atoms with Crippen molar-refractivity contribution in [3.63, 3.8) is 0 Å². The molecule has 0 saturated carbocycles. The second-order valence-corrected chi connectivity index (χ2v) is 3.37. The van der Waals surface area contributed by atoms with Crippen molar-refractivity contribution < 1.29 is 0 Å². The quantitative estimate of drug-likeness (QED) is 0.706. The molecular weight excluding hydrogens is 208 g/mol. The predicted octanol–water partition coefficient (Wildman–Crippen LogP) is 3.49. The molecule has 15 heavy (non-hydrogen) atoms. The van der Waals surface area contributed by atoms with E-state index in [-0.39, 0.29) is 0 Å². The lowest BCUT2D eigenvalue weighted by Crippen LogP contribution is -1.81. The van der Waals surface area contributed by atoms with Gasteiger partial charge in [0, 0.05) is 23.0 Å². The number of hydrogen-bond donors (Lipinski definition) is 0. The highest BCUT2D eigenvalue weighted by Gasteiger charge is 1.94. The van der Waals surface area contributed by atoms with Crippen LogP contribution in [0.25, 0.3) is 0 Å². The van der Waals surface area contributed by atoms with Crippen LogP contribution in [0.3, 0.4) is 0 Å². The number of nitrogens with zero attached hydrogens (tertiary/aromatic N) is 2. The number of benzene rings is 1. The highest BCUT2D eigenvalue weighted by molar-refractivity contribution is 6.33. The molecule has 2 aromatic rings. The normalized spacial score (nSPS) is 10.7. The topological polar surface area (TPSA) is 25.2 Å². The van der Waals surface area contributed by atoms with E-state index in [4.69, 9.17) is 11.6 Å². The average Bonchev–Trinajstić information content (AvgIpc) is 2.29. The first-order valence-corrected chi connectivity index (χ1v) is 4.94. The molecule has 1 aromatic heterocycles. The summed E-state index contributed by atoms with van der Waals surface area (Å²) < 4.78 is 0. The summed E-state index contributed by atoms with van der Waals surface area (Å²) in [6, 6.07) is 13.1. The van der Waals surface area contributed by atoms with E-state index in [1.807, 2.05) is 42.5 Å². The van der Waals surface area contributed by atoms with E-state index in [9.17, 15) is 0 Å². The van der Waals surface area contributed by atoms with E-state index >= 15 is 0 Å². The van der Waals surface area contributed by atoms with Crippen LogP contribution in [0.1, 0.15) is 5.56 Å². The van der Waals surface area contributed by atoms with Crippen molar-refractivity contribution in [3.05, 3.63) is 59.2 Å². The van der Waals surface area contributed by atoms with E-state index in [0.29, 0.717) is 10.8 Å². The zero-order chi connectivity index (χ0) is 10.5. The van der Waals surface area contributed by atoms with Gasteiger partial charge in [-0.05, 0) is 18.2 Å². The third-order valence-corrected chi connectivity index (χ3v) is 2.23. The minimum Gasteiger partial charge on any atom is -0.237 e. The molecule has 0 bridgehead atoms. The van der Waals surface area contributed by atoms with Crippen molar-refractivity contribution in [1.82, 2.24) is 4.98 Å². The van der Waals surface area contributed by atoms with Gasteiger partial charge in [-0.2, -0.15) is 0 Å². The molecule has 1 aromatic carbocycles. The molecule has 0 spiro atoms. The van der Waals surface area contributed by atoms with Gasteiger partial charge in [0.2, 0.25) is 0 Å². The molecule has 1 heterocycles. The zero-order valence-electron chi connectivity index (χ0n) is 7.97. The summed E-state index contributed by atoms with van der Waals surface area (Å²) in [5, 5.41) is 0.692. The van der Waals surface area contributed by atoms with Gasteiger partial charge in [0.05, 0.1) is 0 Å². The molecule has 0 aliphatic rings. The van der Waals surface area contributed by atoms with E-state index in [2.05, 4.69) is 9.98 Å². The summed E-state index contributed by atoms with van der Waals surface area (Å²) in [6.07, 6.45) is 3.42. The Labute approximate surface area is 93.3 Å². The standard InChI is InChI=1S/C12H9ClN2/c13-11-6-2-1-5-10(11)9-15-12-7-3-4-8-14-12/h1-9H. The second kappa shape index (κ2) is 4.71. The maximum Gasteiger partial charge on any atom is 0.151 e. The van der Waals surface area contributed by atoms with Crippen LogP contribution in [0.2, 0.25) is 5.02 Å². The maximum absolute atomic E-state index is 5.98. The van der Waals surface area contributed by atoms with Gasteiger partial charge in [-0.1, -0.05) is 35.9 Å². The Bertz CT molecular complexity index is 466. The summed E-state index contributed by atoms with van der Waals surface area (Å²) >= 11 is 5.98. The minimum atomic E-state index is 0.678. The molecule has 0 aliphatic heterocycles. The Morgan fingerprint density at radius 3 is 2.60 bits per heavy atom. The first-order chi connectivity index (χ1) is 7.36. The monoisotopic (exact) mass is 216 g/mol. The van der Waals surface area contributed by atoms with Crippen LogP contribution in [-0.2, 0) is 0 Å². The van der Waals surface area contributed by atoms with Gasteiger partial charge in [0.1, 0.15) is 0 Å². The first-order valence-electron chi connectivity index (χ1n) is 4.56. The highest BCUT2D eigenvalue weighted by Crippen LogP contribution is 2.13. The molecule has 0 amide bonds. The molecule has 0 radical (unpaired) electrons. The third kappa shape index (κ3) is 2.64. The van der Waals surface area contributed by atoms with Crippen molar-refractivity contribution in [2.45, 2.75) is 0 Å². The third-order valence-electron chi connectivity index (χ3n) is 1.89. The minimum absolute atomic E-state index is 0.678. The summed E-state index contributed by atoms with van der Waals surface area (Å²) in [5.74, 6) is 0.678. The molecule has 2 rings (SSSR count). The first kappa shape index (κ1) is 9.87. The molecule has 0 saturated heterocycles. The van der Waals surface area contributed by atoms with Crippen molar-refractivity contribution in [2.24, 2.45) is 4.99 Å². The van der Waals surface area contributed by atoms with Gasteiger partial charge in [-0.15, -0.1) is 0 Å². The molecule has 3 heteroatoms. The van der Waals surface area contributed by atoms with Gasteiger partial charge in [0.15, 0.2) is 5.82 Å². The van der Waals surface area contributed by atoms with Crippen molar-refractivity contribution >= 4 is 23.6 Å². The Morgan fingerprint density at radius 1 is 1.07 bits per heavy atom. The summed E-state index contributed by atoms with van der Waals surface area (Å²) in [4.78, 5) is 8.30. The summed E-state index contributed by atoms with van der Waals surface area (Å²) in [6.45, 7) is 0. The average molecular weight is 217 g/mol. The van der Waals surface area contributed by atoms with Crippen molar-refractivity contribution in [3.8, 4) is 0 Å². The SMILES string of the molecule is Clc1ccccc1C=Nc1ccccn1. The number of aromatic nitrogens is 1. The maximum atomic E-state index is 5.98. The number of rotatable bonds is 2. The van der Waals surface area contributed by atoms with Crippen LogP contribution >= 0.6 is 11.6 Å².